The van der Waals surface area contributed by atoms with Gasteiger partial charge in [-0.3, -0.25) is 4.21 Å². The summed E-state index contributed by atoms with van der Waals surface area (Å²) in [5, 5.41) is 9.54. The molecule has 0 fully saturated rings. The minimum atomic E-state index is -2.39. The molecule has 0 aliphatic rings. The van der Waals surface area contributed by atoms with Gasteiger partial charge in [0.25, 0.3) is 0 Å². The molecule has 6 heteroatoms. The van der Waals surface area contributed by atoms with Crippen molar-refractivity contribution in [1.82, 2.24) is 0 Å². The van der Waals surface area contributed by atoms with Gasteiger partial charge in [0.1, 0.15) is 0 Å². The van der Waals surface area contributed by atoms with Crippen LogP contribution in [0.4, 0.5) is 5.69 Å². The van der Waals surface area contributed by atoms with E-state index in [1.54, 1.807) is 6.07 Å². The van der Waals surface area contributed by atoms with Gasteiger partial charge >= 0.3 is 0 Å². The van der Waals surface area contributed by atoms with Crippen molar-refractivity contribution in [3.63, 3.8) is 0 Å². The van der Waals surface area contributed by atoms with E-state index in [-0.39, 0.29) is 5.45 Å². The van der Waals surface area contributed by atoms with Gasteiger partial charge in [-0.2, -0.15) is 0 Å². The average Bonchev–Trinajstić information content (AvgIpc) is 2.27. The lowest BCUT2D eigenvalue weighted by Crippen LogP contribution is -2.06. The highest BCUT2D eigenvalue weighted by Crippen LogP contribution is 2.28. The number of anilines is 1. The third kappa shape index (κ3) is 2.52. The fraction of sp³-hybridized carbons (Fsp3) is 0. The lowest BCUT2D eigenvalue weighted by Gasteiger charge is -2.15. The zero-order chi connectivity index (χ0) is 12.4. The van der Waals surface area contributed by atoms with E-state index in [4.69, 9.17) is 5.41 Å². The second-order valence-corrected chi connectivity index (χ2v) is 4.71. The predicted molar refractivity (Wildman–Crippen MR) is 73.0 cm³/mol. The monoisotopic (exact) mass is 265 g/mol. The molecule has 0 spiro atoms. The van der Waals surface area contributed by atoms with Crippen LogP contribution < -0.4 is 4.72 Å². The number of hydrogen-bond donors (Lipinski definition) is 2. The maximum absolute atomic E-state index is 10.7. The molecule has 0 amide bonds. The maximum Gasteiger partial charge on any atom is 0.0579 e. The van der Waals surface area contributed by atoms with E-state index in [9.17, 15) is 8.76 Å². The Balaban J connectivity index is 2.72. The molecule has 0 heterocycles. The van der Waals surface area contributed by atoms with Crippen LogP contribution in [-0.4, -0.2) is 14.2 Å². The largest absolute Gasteiger partial charge is 0.755 e. The van der Waals surface area contributed by atoms with Gasteiger partial charge in [0.2, 0.25) is 0 Å². The molecule has 4 nitrogen and oxygen atoms in total. The van der Waals surface area contributed by atoms with Crippen LogP contribution in [0.15, 0.2) is 36.4 Å². The molecule has 2 rings (SSSR count). The highest BCUT2D eigenvalue weighted by molar-refractivity contribution is 7.80. The third-order valence-electron chi connectivity index (χ3n) is 2.39. The van der Waals surface area contributed by atoms with Crippen molar-refractivity contribution in [3.8, 4) is 0 Å². The van der Waals surface area contributed by atoms with E-state index < -0.39 is 11.3 Å². The highest BCUT2D eigenvalue weighted by Gasteiger charge is 2.09. The second kappa shape index (κ2) is 4.92. The van der Waals surface area contributed by atoms with Crippen molar-refractivity contribution in [2.75, 3.05) is 4.72 Å². The molecule has 17 heavy (non-hydrogen) atoms. The Morgan fingerprint density at radius 2 is 2.00 bits per heavy atom. The minimum absolute atomic E-state index is 0.245. The number of benzene rings is 2. The van der Waals surface area contributed by atoms with Gasteiger partial charge in [0, 0.05) is 16.8 Å². The summed E-state index contributed by atoms with van der Waals surface area (Å²) in [5.41, 5.74) is 1.24. The number of hydrogen-bond acceptors (Lipinski definition) is 3. The third-order valence-corrected chi connectivity index (χ3v) is 3.07. The Bertz CT molecular complexity index is 615. The summed E-state index contributed by atoms with van der Waals surface area (Å²) < 4.78 is 23.7. The summed E-state index contributed by atoms with van der Waals surface area (Å²) in [4.78, 5) is 0. The fourth-order valence-electron chi connectivity index (χ4n) is 1.74. The molecule has 0 aliphatic carbocycles. The molecule has 2 atom stereocenters. The molecule has 2 unspecified atom stereocenters. The van der Waals surface area contributed by atoms with E-state index in [1.807, 2.05) is 30.3 Å². The number of nitrogens with one attached hydrogen (secondary N) is 2. The molecule has 0 bridgehead atoms. The lowest BCUT2D eigenvalue weighted by atomic mass is 10.0. The standard InChI is InChI=1S/C11H11N2O2PS/c12-11(16)10-8-4-2-1-3-7(8)5-6-9(10)13-17(14)15/h1-6,12-13H,16H2,(H,14,15)/p-1. The molecular formula is C11H10N2O2PS-. The van der Waals surface area contributed by atoms with Gasteiger partial charge in [0.15, 0.2) is 0 Å². The van der Waals surface area contributed by atoms with Crippen LogP contribution in [0.2, 0.25) is 0 Å². The van der Waals surface area contributed by atoms with Gasteiger partial charge in [0.05, 0.1) is 11.1 Å². The second-order valence-electron chi connectivity index (χ2n) is 3.46. The Kier molecular flexibility index (Phi) is 3.52. The summed E-state index contributed by atoms with van der Waals surface area (Å²) in [6, 6.07) is 11.0. The van der Waals surface area contributed by atoms with Crippen molar-refractivity contribution in [2.24, 2.45) is 0 Å². The van der Waals surface area contributed by atoms with Gasteiger partial charge in [-0.1, -0.05) is 39.6 Å². The van der Waals surface area contributed by atoms with E-state index in [0.29, 0.717) is 11.3 Å². The Labute approximate surface area is 104 Å². The van der Waals surface area contributed by atoms with Crippen molar-refractivity contribution >= 4 is 42.4 Å². The first kappa shape index (κ1) is 12.2. The van der Waals surface area contributed by atoms with Crippen LogP contribution in [0.3, 0.4) is 0 Å². The molecule has 0 radical (unpaired) electrons. The van der Waals surface area contributed by atoms with E-state index in [1.165, 1.54) is 0 Å². The molecule has 0 aliphatic heterocycles. The average molecular weight is 265 g/mol. The highest BCUT2D eigenvalue weighted by atomic mass is 32.2. The topological polar surface area (TPSA) is 76.0 Å². The van der Waals surface area contributed by atoms with Crippen molar-refractivity contribution in [2.45, 2.75) is 0 Å². The smallest absolute Gasteiger partial charge is 0.0579 e. The van der Waals surface area contributed by atoms with Crippen molar-refractivity contribution in [3.05, 3.63) is 42.0 Å². The molecule has 2 aromatic carbocycles. The molecule has 88 valence electrons. The van der Waals surface area contributed by atoms with Crippen LogP contribution in [0, 0.1) is 5.41 Å². The summed E-state index contributed by atoms with van der Waals surface area (Å²) >= 11 is -2.39. The Hall–Kier alpha value is -1.29. The van der Waals surface area contributed by atoms with Gasteiger partial charge in [-0.05, 0) is 16.8 Å². The van der Waals surface area contributed by atoms with Gasteiger partial charge < -0.3 is 14.7 Å². The lowest BCUT2D eigenvalue weighted by molar-refractivity contribution is 0.542. The molecule has 0 saturated heterocycles. The van der Waals surface area contributed by atoms with E-state index >= 15 is 0 Å². The Morgan fingerprint density at radius 1 is 1.29 bits per heavy atom. The zero-order valence-electron chi connectivity index (χ0n) is 8.77. The van der Waals surface area contributed by atoms with Gasteiger partial charge in [-0.15, -0.1) is 0 Å². The first-order valence-corrected chi connectivity index (χ1v) is 6.47. The van der Waals surface area contributed by atoms with Crippen molar-refractivity contribution < 1.29 is 8.76 Å². The van der Waals surface area contributed by atoms with Crippen LogP contribution in [0.5, 0.6) is 0 Å². The Morgan fingerprint density at radius 3 is 2.65 bits per heavy atom. The van der Waals surface area contributed by atoms with Crippen LogP contribution in [0.1, 0.15) is 5.56 Å². The van der Waals surface area contributed by atoms with Crippen LogP contribution in [-0.2, 0) is 11.3 Å². The maximum atomic E-state index is 10.7. The quantitative estimate of drug-likeness (QED) is 0.507. The van der Waals surface area contributed by atoms with E-state index in [0.717, 1.165) is 10.8 Å². The summed E-state index contributed by atoms with van der Waals surface area (Å²) in [6.07, 6.45) is 0. The molecule has 2 aromatic rings. The van der Waals surface area contributed by atoms with Crippen molar-refractivity contribution in [1.29, 1.82) is 5.41 Å². The fourth-order valence-corrected chi connectivity index (χ4v) is 2.40. The molecular weight excluding hydrogens is 255 g/mol. The molecule has 0 saturated carbocycles. The summed E-state index contributed by atoms with van der Waals surface area (Å²) in [5.74, 6) is 0. The first-order chi connectivity index (χ1) is 8.09. The normalized spacial score (nSPS) is 12.4. The number of rotatable bonds is 3. The first-order valence-electron chi connectivity index (χ1n) is 4.81. The van der Waals surface area contributed by atoms with Crippen LogP contribution in [0.25, 0.3) is 10.8 Å². The number of fused-ring (bicyclic) bond motifs is 1. The van der Waals surface area contributed by atoms with E-state index in [2.05, 4.69) is 14.0 Å². The summed E-state index contributed by atoms with van der Waals surface area (Å²) in [6.45, 7) is 0. The zero-order valence-corrected chi connectivity index (χ0v) is 10.7. The van der Waals surface area contributed by atoms with Crippen LogP contribution >= 0.6 is 9.24 Å². The van der Waals surface area contributed by atoms with Gasteiger partial charge in [-0.25, -0.2) is 0 Å². The minimum Gasteiger partial charge on any atom is -0.755 e. The molecule has 2 N–H and O–H groups in total. The summed E-state index contributed by atoms with van der Waals surface area (Å²) in [7, 11) is 2.28. The predicted octanol–water partition coefficient (Wildman–Crippen LogP) is 2.25. The SMILES string of the molecule is N=C(P)c1c(NS(=O)[O-])ccc2ccccc12. The molecule has 0 aromatic heterocycles.